The Labute approximate surface area is 152 Å². The van der Waals surface area contributed by atoms with Crippen molar-refractivity contribution in [3.05, 3.63) is 47.0 Å². The van der Waals surface area contributed by atoms with Gasteiger partial charge in [0.2, 0.25) is 0 Å². The molecule has 0 fully saturated rings. The van der Waals surface area contributed by atoms with E-state index in [1.165, 1.54) is 6.20 Å². The van der Waals surface area contributed by atoms with Crippen molar-refractivity contribution >= 4 is 17.9 Å². The summed E-state index contributed by atoms with van der Waals surface area (Å²) in [5, 5.41) is 0. The first-order valence-electron chi connectivity index (χ1n) is 8.57. The number of fused-ring (bicyclic) bond motifs is 1. The van der Waals surface area contributed by atoms with Crippen LogP contribution in [0.1, 0.15) is 27.7 Å². The fourth-order valence-electron chi connectivity index (χ4n) is 2.82. The summed E-state index contributed by atoms with van der Waals surface area (Å²) in [6, 6.07) is 0. The second-order valence-electron chi connectivity index (χ2n) is 5.55. The molecular weight excluding hydrogens is 338 g/mol. The molecule has 0 spiro atoms. The van der Waals surface area contributed by atoms with Crippen molar-refractivity contribution in [1.29, 1.82) is 0 Å². The van der Waals surface area contributed by atoms with Gasteiger partial charge in [0.1, 0.15) is 5.92 Å². The van der Waals surface area contributed by atoms with Crippen molar-refractivity contribution in [2.45, 2.75) is 27.7 Å². The Morgan fingerprint density at radius 2 is 1.62 bits per heavy atom. The molecule has 0 unspecified atom stereocenters. The summed E-state index contributed by atoms with van der Waals surface area (Å²) in [7, 11) is 0. The first-order valence-corrected chi connectivity index (χ1v) is 8.57. The van der Waals surface area contributed by atoms with E-state index in [2.05, 4.69) is 0 Å². The first kappa shape index (κ1) is 19.5. The van der Waals surface area contributed by atoms with Gasteiger partial charge in [0, 0.05) is 11.9 Å². The average Bonchev–Trinajstić information content (AvgIpc) is 2.61. The molecule has 0 N–H and O–H groups in total. The zero-order valence-electron chi connectivity index (χ0n) is 15.4. The minimum absolute atomic E-state index is 0.0418. The Balaban J connectivity index is 2.64. The van der Waals surface area contributed by atoms with Crippen LogP contribution in [-0.2, 0) is 28.6 Å². The minimum Gasteiger partial charge on any atom is -0.465 e. The van der Waals surface area contributed by atoms with Gasteiger partial charge in [0.05, 0.1) is 36.7 Å². The molecule has 0 aliphatic carbocycles. The Morgan fingerprint density at radius 3 is 2.23 bits per heavy atom. The van der Waals surface area contributed by atoms with Crippen LogP contribution in [0, 0.1) is 5.92 Å². The van der Waals surface area contributed by atoms with Crippen LogP contribution in [0.15, 0.2) is 47.0 Å². The van der Waals surface area contributed by atoms with Crippen LogP contribution in [0.4, 0.5) is 0 Å². The molecule has 0 amide bonds. The van der Waals surface area contributed by atoms with Crippen LogP contribution < -0.4 is 0 Å². The summed E-state index contributed by atoms with van der Waals surface area (Å²) in [5.41, 5.74) is 1.38. The summed E-state index contributed by atoms with van der Waals surface area (Å²) < 4.78 is 15.4. The van der Waals surface area contributed by atoms with E-state index < -0.39 is 23.8 Å². The monoisotopic (exact) mass is 361 g/mol. The number of nitrogens with zero attached hydrogens (tertiary/aromatic N) is 1. The molecule has 0 saturated heterocycles. The summed E-state index contributed by atoms with van der Waals surface area (Å²) in [4.78, 5) is 39.4. The number of ether oxygens (including phenoxy) is 3. The van der Waals surface area contributed by atoms with Crippen molar-refractivity contribution in [2.24, 2.45) is 5.92 Å². The Hall–Kier alpha value is -2.83. The normalized spacial score (nSPS) is 18.6. The Bertz CT molecular complexity index is 728. The van der Waals surface area contributed by atoms with Crippen molar-refractivity contribution in [3.63, 3.8) is 0 Å². The maximum Gasteiger partial charge on any atom is 0.337 e. The first-order chi connectivity index (χ1) is 12.5. The molecule has 0 saturated carbocycles. The predicted octanol–water partition coefficient (Wildman–Crippen LogP) is 2.22. The third-order valence-electron chi connectivity index (χ3n) is 3.90. The second-order valence-corrected chi connectivity index (χ2v) is 5.55. The fraction of sp³-hybridized carbons (Fsp3) is 0.421. The standard InChI is InChI=1S/C19H23NO6/c1-5-24-17(21)13-11-20-12(4)9-8-10-14(20)16(19(23)26-7-3)15(13)18(22)25-6-2/h8-11,15H,5-7H2,1-4H3/t15-/m1/s1. The number of allylic oxidation sites excluding steroid dienone is 4. The quantitative estimate of drug-likeness (QED) is 0.530. The lowest BCUT2D eigenvalue weighted by Gasteiger charge is -2.34. The summed E-state index contributed by atoms with van der Waals surface area (Å²) in [5.74, 6) is -3.23. The van der Waals surface area contributed by atoms with E-state index in [9.17, 15) is 14.4 Å². The molecule has 0 aromatic heterocycles. The largest absolute Gasteiger partial charge is 0.465 e. The van der Waals surface area contributed by atoms with E-state index in [1.54, 1.807) is 37.8 Å². The van der Waals surface area contributed by atoms with Gasteiger partial charge < -0.3 is 19.1 Å². The molecule has 2 rings (SSSR count). The molecule has 140 valence electrons. The van der Waals surface area contributed by atoms with Gasteiger partial charge in [-0.25, -0.2) is 9.59 Å². The van der Waals surface area contributed by atoms with Crippen molar-refractivity contribution in [2.75, 3.05) is 19.8 Å². The van der Waals surface area contributed by atoms with Crippen LogP contribution in [0.3, 0.4) is 0 Å². The molecule has 7 heteroatoms. The third kappa shape index (κ3) is 3.71. The van der Waals surface area contributed by atoms with Gasteiger partial charge >= 0.3 is 17.9 Å². The fourth-order valence-corrected chi connectivity index (χ4v) is 2.82. The highest BCUT2D eigenvalue weighted by molar-refractivity contribution is 6.05. The van der Waals surface area contributed by atoms with Gasteiger partial charge in [-0.1, -0.05) is 6.08 Å². The maximum absolute atomic E-state index is 12.7. The number of hydrogen-bond donors (Lipinski definition) is 0. The van der Waals surface area contributed by atoms with Crippen LogP contribution in [0.25, 0.3) is 0 Å². The number of carbonyl (C=O) groups is 3. The van der Waals surface area contributed by atoms with Gasteiger partial charge in [-0.2, -0.15) is 0 Å². The van der Waals surface area contributed by atoms with Crippen LogP contribution in [0.2, 0.25) is 0 Å². The lowest BCUT2D eigenvalue weighted by Crippen LogP contribution is -2.38. The molecule has 0 aromatic carbocycles. The third-order valence-corrected chi connectivity index (χ3v) is 3.90. The molecule has 0 radical (unpaired) electrons. The topological polar surface area (TPSA) is 82.1 Å². The van der Waals surface area contributed by atoms with E-state index in [0.717, 1.165) is 5.70 Å². The number of carbonyl (C=O) groups excluding carboxylic acids is 3. The summed E-state index contributed by atoms with van der Waals surface area (Å²) in [6.07, 6.45) is 6.82. The van der Waals surface area contributed by atoms with E-state index in [1.807, 2.05) is 13.0 Å². The minimum atomic E-state index is -1.20. The van der Waals surface area contributed by atoms with Crippen LogP contribution in [0.5, 0.6) is 0 Å². The zero-order valence-corrected chi connectivity index (χ0v) is 15.4. The van der Waals surface area contributed by atoms with Crippen molar-refractivity contribution in [3.8, 4) is 0 Å². The average molecular weight is 361 g/mol. The maximum atomic E-state index is 12.7. The molecule has 7 nitrogen and oxygen atoms in total. The second kappa shape index (κ2) is 8.51. The number of esters is 3. The predicted molar refractivity (Wildman–Crippen MR) is 93.2 cm³/mol. The molecule has 0 bridgehead atoms. The molecule has 1 atom stereocenters. The summed E-state index contributed by atoms with van der Waals surface area (Å²) in [6.45, 7) is 7.24. The van der Waals surface area contributed by atoms with E-state index >= 15 is 0 Å². The van der Waals surface area contributed by atoms with Gasteiger partial charge in [-0.3, -0.25) is 4.79 Å². The lowest BCUT2D eigenvalue weighted by atomic mass is 9.85. The van der Waals surface area contributed by atoms with Gasteiger partial charge in [-0.15, -0.1) is 0 Å². The van der Waals surface area contributed by atoms with E-state index in [0.29, 0.717) is 5.70 Å². The lowest BCUT2D eigenvalue weighted by molar-refractivity contribution is -0.151. The van der Waals surface area contributed by atoms with E-state index in [-0.39, 0.29) is 31.0 Å². The van der Waals surface area contributed by atoms with Crippen LogP contribution >= 0.6 is 0 Å². The number of rotatable bonds is 6. The smallest absolute Gasteiger partial charge is 0.337 e. The van der Waals surface area contributed by atoms with Gasteiger partial charge in [0.25, 0.3) is 0 Å². The summed E-state index contributed by atoms with van der Waals surface area (Å²) >= 11 is 0. The molecule has 2 aliphatic rings. The Morgan fingerprint density at radius 1 is 1.00 bits per heavy atom. The van der Waals surface area contributed by atoms with Crippen LogP contribution in [-0.4, -0.2) is 42.6 Å². The molecule has 2 heterocycles. The zero-order chi connectivity index (χ0) is 19.3. The highest BCUT2D eigenvalue weighted by Crippen LogP contribution is 2.37. The molecule has 26 heavy (non-hydrogen) atoms. The van der Waals surface area contributed by atoms with E-state index in [4.69, 9.17) is 14.2 Å². The molecule has 2 aliphatic heterocycles. The van der Waals surface area contributed by atoms with Crippen molar-refractivity contribution in [1.82, 2.24) is 4.90 Å². The molecule has 0 aromatic rings. The highest BCUT2D eigenvalue weighted by atomic mass is 16.5. The SMILES string of the molecule is CCOC(=O)C1=CN2C(C)=CC=CC2=C(C(=O)OCC)[C@@H]1C(=O)OCC. The number of hydrogen-bond acceptors (Lipinski definition) is 7. The van der Waals surface area contributed by atoms with Gasteiger partial charge in [0.15, 0.2) is 0 Å². The molecular formula is C19H23NO6. The highest BCUT2D eigenvalue weighted by Gasteiger charge is 2.43. The Kier molecular flexibility index (Phi) is 6.38. The van der Waals surface area contributed by atoms with Crippen molar-refractivity contribution < 1.29 is 28.6 Å². The van der Waals surface area contributed by atoms with Gasteiger partial charge in [-0.05, 0) is 39.8 Å².